The zero-order valence-electron chi connectivity index (χ0n) is 12.3. The molecule has 0 aliphatic rings. The van der Waals surface area contributed by atoms with Gasteiger partial charge in [-0.3, -0.25) is 9.59 Å². The number of rotatable bonds is 6. The Morgan fingerprint density at radius 3 is 2.24 bits per heavy atom. The van der Waals surface area contributed by atoms with Crippen molar-refractivity contribution in [1.82, 2.24) is 5.32 Å². The fraction of sp³-hybridized carbons (Fsp3) is 0.400. The molecule has 0 radical (unpaired) electrons. The summed E-state index contributed by atoms with van der Waals surface area (Å²) in [6, 6.07) is 8.00. The molecule has 6 heteroatoms. The van der Waals surface area contributed by atoms with Gasteiger partial charge >= 0.3 is 11.9 Å². The molecule has 0 saturated carbocycles. The average molecular weight is 293 g/mol. The number of benzene rings is 1. The molecule has 2 atom stereocenters. The third-order valence-corrected chi connectivity index (χ3v) is 2.63. The molecular weight excluding hydrogens is 274 g/mol. The molecule has 0 aliphatic carbocycles. The quantitative estimate of drug-likeness (QED) is 0.801. The monoisotopic (exact) mass is 293 g/mol. The lowest BCUT2D eigenvalue weighted by Gasteiger charge is -2.26. The summed E-state index contributed by atoms with van der Waals surface area (Å²) in [5.74, 6) is -1.67. The van der Waals surface area contributed by atoms with Crippen LogP contribution in [0.25, 0.3) is 0 Å². The van der Waals surface area contributed by atoms with Crippen LogP contribution in [0.2, 0.25) is 0 Å². The highest BCUT2D eigenvalue weighted by atomic mass is 16.6. The maximum absolute atomic E-state index is 12.0. The summed E-state index contributed by atoms with van der Waals surface area (Å²) in [5.41, 5.74) is 0.645. The third kappa shape index (κ3) is 5.25. The summed E-state index contributed by atoms with van der Waals surface area (Å²) in [5, 5.41) is 2.62. The van der Waals surface area contributed by atoms with Gasteiger partial charge in [-0.05, 0) is 12.5 Å². The van der Waals surface area contributed by atoms with Gasteiger partial charge in [-0.1, -0.05) is 30.3 Å². The number of amides is 1. The normalized spacial score (nSPS) is 12.9. The van der Waals surface area contributed by atoms with E-state index in [9.17, 15) is 14.4 Å². The number of ether oxygens (including phenoxy) is 2. The minimum atomic E-state index is -1.23. The van der Waals surface area contributed by atoms with Gasteiger partial charge in [-0.2, -0.15) is 0 Å². The Hall–Kier alpha value is -2.37. The molecule has 114 valence electrons. The summed E-state index contributed by atoms with van der Waals surface area (Å²) in [7, 11) is 0. The average Bonchev–Trinajstić information content (AvgIpc) is 2.43. The molecule has 0 spiro atoms. The lowest BCUT2D eigenvalue weighted by molar-refractivity contribution is -0.169. The molecular formula is C15H19NO5. The maximum atomic E-state index is 12.0. The minimum absolute atomic E-state index is 0.151. The first-order chi connectivity index (χ1) is 9.95. The van der Waals surface area contributed by atoms with Crippen LogP contribution in [-0.4, -0.2) is 30.6 Å². The summed E-state index contributed by atoms with van der Waals surface area (Å²) in [6.07, 6.45) is -1.23. The maximum Gasteiger partial charge on any atom is 0.350 e. The molecule has 0 heterocycles. The Balaban J connectivity index is 3.12. The van der Waals surface area contributed by atoms with Crippen LogP contribution in [-0.2, 0) is 23.9 Å². The molecule has 1 aromatic rings. The van der Waals surface area contributed by atoms with Crippen molar-refractivity contribution in [3.63, 3.8) is 0 Å². The van der Waals surface area contributed by atoms with Gasteiger partial charge in [0.1, 0.15) is 6.04 Å². The van der Waals surface area contributed by atoms with Crippen molar-refractivity contribution < 1.29 is 23.9 Å². The molecule has 1 rings (SSSR count). The van der Waals surface area contributed by atoms with Crippen molar-refractivity contribution in [2.45, 2.75) is 32.9 Å². The lowest BCUT2D eigenvalue weighted by Crippen LogP contribution is -2.42. The number of nitrogens with one attached hydrogen (secondary N) is 1. The van der Waals surface area contributed by atoms with Crippen LogP contribution < -0.4 is 5.32 Å². The van der Waals surface area contributed by atoms with Crippen LogP contribution in [0.3, 0.4) is 0 Å². The predicted molar refractivity (Wildman–Crippen MR) is 75.2 cm³/mol. The Kier molecular flexibility index (Phi) is 6.39. The Labute approximate surface area is 123 Å². The molecule has 1 N–H and O–H groups in total. The van der Waals surface area contributed by atoms with Crippen molar-refractivity contribution in [3.8, 4) is 0 Å². The molecule has 0 aliphatic heterocycles. The summed E-state index contributed by atoms with van der Waals surface area (Å²) < 4.78 is 9.98. The predicted octanol–water partition coefficient (Wildman–Crippen LogP) is 1.36. The fourth-order valence-electron chi connectivity index (χ4n) is 1.87. The molecule has 0 saturated heterocycles. The molecule has 1 aromatic carbocycles. The smallest absolute Gasteiger partial charge is 0.350 e. The molecule has 1 amide bonds. The highest BCUT2D eigenvalue weighted by molar-refractivity contribution is 5.81. The van der Waals surface area contributed by atoms with E-state index in [1.165, 1.54) is 13.8 Å². The van der Waals surface area contributed by atoms with E-state index in [0.29, 0.717) is 5.56 Å². The van der Waals surface area contributed by atoms with E-state index in [-0.39, 0.29) is 12.5 Å². The van der Waals surface area contributed by atoms with Crippen LogP contribution in [0.5, 0.6) is 0 Å². The van der Waals surface area contributed by atoms with E-state index >= 15 is 0 Å². The van der Waals surface area contributed by atoms with Gasteiger partial charge in [0.2, 0.25) is 12.0 Å². The summed E-state index contributed by atoms with van der Waals surface area (Å²) in [4.78, 5) is 34.7. The van der Waals surface area contributed by atoms with Gasteiger partial charge in [0.15, 0.2) is 0 Å². The molecule has 0 aromatic heterocycles. The number of hydrogen-bond acceptors (Lipinski definition) is 5. The largest absolute Gasteiger partial charge is 0.463 e. The number of esters is 2. The molecule has 0 unspecified atom stereocenters. The Morgan fingerprint density at radius 1 is 1.14 bits per heavy atom. The summed E-state index contributed by atoms with van der Waals surface area (Å²) in [6.45, 7) is 4.32. The summed E-state index contributed by atoms with van der Waals surface area (Å²) >= 11 is 0. The van der Waals surface area contributed by atoms with E-state index in [1.54, 1.807) is 37.3 Å². The van der Waals surface area contributed by atoms with Crippen LogP contribution in [0.15, 0.2) is 30.3 Å². The van der Waals surface area contributed by atoms with Gasteiger partial charge in [-0.15, -0.1) is 0 Å². The van der Waals surface area contributed by atoms with E-state index in [2.05, 4.69) is 5.32 Å². The zero-order valence-corrected chi connectivity index (χ0v) is 12.3. The van der Waals surface area contributed by atoms with Gasteiger partial charge in [0.05, 0.1) is 6.61 Å². The van der Waals surface area contributed by atoms with E-state index in [0.717, 1.165) is 0 Å². The standard InChI is InChI=1S/C15H19NO5/c1-4-20-15(19)14(21-11(3)18)13(16-10(2)17)12-8-6-5-7-9-12/h5-9,13-14H,4H2,1-3H3,(H,16,17)/t13-,14+/m0/s1. The van der Waals surface area contributed by atoms with Gasteiger partial charge in [0, 0.05) is 13.8 Å². The SMILES string of the molecule is CCOC(=O)[C@H](OC(C)=O)[C@@H](NC(C)=O)c1ccccc1. The highest BCUT2D eigenvalue weighted by Gasteiger charge is 2.34. The first-order valence-electron chi connectivity index (χ1n) is 6.61. The second-order valence-corrected chi connectivity index (χ2v) is 4.37. The van der Waals surface area contributed by atoms with Crippen LogP contribution in [0.4, 0.5) is 0 Å². The highest BCUT2D eigenvalue weighted by Crippen LogP contribution is 2.21. The van der Waals surface area contributed by atoms with Crippen molar-refractivity contribution in [2.75, 3.05) is 6.61 Å². The second-order valence-electron chi connectivity index (χ2n) is 4.37. The number of carbonyl (C=O) groups is 3. The Bertz CT molecular complexity index is 500. The first kappa shape index (κ1) is 16.7. The molecule has 0 bridgehead atoms. The van der Waals surface area contributed by atoms with Gasteiger partial charge in [-0.25, -0.2) is 4.79 Å². The number of hydrogen-bond donors (Lipinski definition) is 1. The van der Waals surface area contributed by atoms with E-state index in [1.807, 2.05) is 0 Å². The minimum Gasteiger partial charge on any atom is -0.463 e. The van der Waals surface area contributed by atoms with Crippen LogP contribution in [0.1, 0.15) is 32.4 Å². The van der Waals surface area contributed by atoms with Crippen molar-refractivity contribution in [2.24, 2.45) is 0 Å². The van der Waals surface area contributed by atoms with E-state index < -0.39 is 24.1 Å². The fourth-order valence-corrected chi connectivity index (χ4v) is 1.87. The van der Waals surface area contributed by atoms with Crippen molar-refractivity contribution >= 4 is 17.8 Å². The van der Waals surface area contributed by atoms with Gasteiger partial charge in [0.25, 0.3) is 0 Å². The lowest BCUT2D eigenvalue weighted by atomic mass is 10.0. The zero-order chi connectivity index (χ0) is 15.8. The topological polar surface area (TPSA) is 81.7 Å². The van der Waals surface area contributed by atoms with E-state index in [4.69, 9.17) is 9.47 Å². The number of carbonyl (C=O) groups excluding carboxylic acids is 3. The first-order valence-corrected chi connectivity index (χ1v) is 6.61. The van der Waals surface area contributed by atoms with Gasteiger partial charge < -0.3 is 14.8 Å². The van der Waals surface area contributed by atoms with Crippen molar-refractivity contribution in [1.29, 1.82) is 0 Å². The molecule has 21 heavy (non-hydrogen) atoms. The second kappa shape index (κ2) is 8.04. The van der Waals surface area contributed by atoms with Crippen LogP contribution >= 0.6 is 0 Å². The van der Waals surface area contributed by atoms with Crippen molar-refractivity contribution in [3.05, 3.63) is 35.9 Å². The molecule has 0 fully saturated rings. The van der Waals surface area contributed by atoms with Crippen LogP contribution in [0, 0.1) is 0 Å². The third-order valence-electron chi connectivity index (χ3n) is 2.63. The molecule has 6 nitrogen and oxygen atoms in total. The Morgan fingerprint density at radius 2 is 1.76 bits per heavy atom.